The SMILES string of the molecule is COc1ccc2nc(C)cc(OC(=O)c3ccc(N=Cc4ccc(Cl)cc4)cc3)c2c1. The molecule has 0 radical (unpaired) electrons. The zero-order valence-corrected chi connectivity index (χ0v) is 17.8. The van der Waals surface area contributed by atoms with Gasteiger partial charge in [0.1, 0.15) is 11.5 Å². The molecule has 1 heterocycles. The first-order valence-corrected chi connectivity index (χ1v) is 9.97. The third-order valence-corrected chi connectivity index (χ3v) is 4.90. The molecule has 0 aliphatic rings. The molecule has 0 atom stereocenters. The largest absolute Gasteiger partial charge is 0.497 e. The van der Waals surface area contributed by atoms with Crippen molar-refractivity contribution >= 4 is 40.4 Å². The summed E-state index contributed by atoms with van der Waals surface area (Å²) in [4.78, 5) is 21.6. The van der Waals surface area contributed by atoms with Crippen LogP contribution in [-0.4, -0.2) is 24.3 Å². The molecule has 0 unspecified atom stereocenters. The Bertz CT molecular complexity index is 1270. The number of benzene rings is 3. The van der Waals surface area contributed by atoms with Gasteiger partial charge in [-0.2, -0.15) is 0 Å². The molecule has 5 nitrogen and oxygen atoms in total. The van der Waals surface area contributed by atoms with E-state index in [1.807, 2.05) is 43.3 Å². The maximum Gasteiger partial charge on any atom is 0.343 e. The van der Waals surface area contributed by atoms with Crippen LogP contribution in [0.1, 0.15) is 21.6 Å². The molecule has 0 saturated heterocycles. The minimum absolute atomic E-state index is 0.427. The van der Waals surface area contributed by atoms with E-state index in [9.17, 15) is 4.79 Å². The molecular formula is C25H19ClN2O3. The van der Waals surface area contributed by atoms with Crippen molar-refractivity contribution < 1.29 is 14.3 Å². The van der Waals surface area contributed by atoms with Gasteiger partial charge in [0.25, 0.3) is 0 Å². The van der Waals surface area contributed by atoms with E-state index in [4.69, 9.17) is 21.1 Å². The first-order chi connectivity index (χ1) is 15.0. The summed E-state index contributed by atoms with van der Waals surface area (Å²) >= 11 is 5.89. The van der Waals surface area contributed by atoms with Crippen molar-refractivity contribution in [3.63, 3.8) is 0 Å². The lowest BCUT2D eigenvalue weighted by Gasteiger charge is -2.10. The smallest absolute Gasteiger partial charge is 0.343 e. The van der Waals surface area contributed by atoms with Crippen molar-refractivity contribution in [2.24, 2.45) is 4.99 Å². The summed E-state index contributed by atoms with van der Waals surface area (Å²) in [7, 11) is 1.59. The number of esters is 1. The Morgan fingerprint density at radius 3 is 2.45 bits per heavy atom. The molecule has 0 spiro atoms. The number of hydrogen-bond donors (Lipinski definition) is 0. The lowest BCUT2D eigenvalue weighted by atomic mass is 10.1. The Morgan fingerprint density at radius 2 is 1.74 bits per heavy atom. The van der Waals surface area contributed by atoms with Crippen LogP contribution in [0.5, 0.6) is 11.5 Å². The van der Waals surface area contributed by atoms with E-state index in [2.05, 4.69) is 9.98 Å². The maximum atomic E-state index is 12.7. The highest BCUT2D eigenvalue weighted by molar-refractivity contribution is 6.30. The molecule has 0 amide bonds. The highest BCUT2D eigenvalue weighted by Crippen LogP contribution is 2.29. The molecule has 0 aliphatic heterocycles. The number of hydrogen-bond acceptors (Lipinski definition) is 5. The number of aryl methyl sites for hydroxylation is 1. The monoisotopic (exact) mass is 430 g/mol. The average molecular weight is 431 g/mol. The summed E-state index contributed by atoms with van der Waals surface area (Å²) in [6, 6.07) is 21.5. The molecule has 6 heteroatoms. The van der Waals surface area contributed by atoms with Gasteiger partial charge in [-0.15, -0.1) is 0 Å². The van der Waals surface area contributed by atoms with Crippen LogP contribution in [0.25, 0.3) is 10.9 Å². The highest BCUT2D eigenvalue weighted by Gasteiger charge is 2.13. The van der Waals surface area contributed by atoms with Crippen LogP contribution in [0, 0.1) is 6.92 Å². The van der Waals surface area contributed by atoms with Crippen molar-refractivity contribution in [3.8, 4) is 11.5 Å². The fourth-order valence-corrected chi connectivity index (χ4v) is 3.18. The number of methoxy groups -OCH3 is 1. The molecular weight excluding hydrogens is 412 g/mol. The molecule has 4 rings (SSSR count). The lowest BCUT2D eigenvalue weighted by Crippen LogP contribution is -2.09. The van der Waals surface area contributed by atoms with Gasteiger partial charge in [-0.25, -0.2) is 4.79 Å². The van der Waals surface area contributed by atoms with E-state index in [0.29, 0.717) is 27.5 Å². The Balaban J connectivity index is 1.53. The molecule has 0 bridgehead atoms. The van der Waals surface area contributed by atoms with E-state index >= 15 is 0 Å². The molecule has 4 aromatic rings. The van der Waals surface area contributed by atoms with Gasteiger partial charge in [0, 0.05) is 28.4 Å². The Hall–Kier alpha value is -3.70. The second-order valence-electron chi connectivity index (χ2n) is 6.89. The Labute approximate surface area is 184 Å². The number of ether oxygens (including phenoxy) is 2. The summed E-state index contributed by atoms with van der Waals surface area (Å²) in [5.74, 6) is 0.651. The molecule has 0 N–H and O–H groups in total. The number of carbonyl (C=O) groups excluding carboxylic acids is 1. The minimum Gasteiger partial charge on any atom is -0.497 e. The lowest BCUT2D eigenvalue weighted by molar-refractivity contribution is 0.0737. The molecule has 0 aliphatic carbocycles. The van der Waals surface area contributed by atoms with Crippen LogP contribution in [0.4, 0.5) is 5.69 Å². The van der Waals surface area contributed by atoms with E-state index in [0.717, 1.165) is 22.5 Å². The summed E-state index contributed by atoms with van der Waals surface area (Å²) in [6.07, 6.45) is 1.74. The number of carbonyl (C=O) groups is 1. The minimum atomic E-state index is -0.456. The van der Waals surface area contributed by atoms with Crippen LogP contribution >= 0.6 is 11.6 Å². The number of halogens is 1. The molecule has 3 aromatic carbocycles. The summed E-state index contributed by atoms with van der Waals surface area (Å²) in [5.41, 5.74) is 3.57. The first kappa shape index (κ1) is 20.6. The van der Waals surface area contributed by atoms with Crippen molar-refractivity contribution in [1.29, 1.82) is 0 Å². The topological polar surface area (TPSA) is 60.8 Å². The summed E-state index contributed by atoms with van der Waals surface area (Å²) < 4.78 is 11.0. The Kier molecular flexibility index (Phi) is 5.96. The molecule has 31 heavy (non-hydrogen) atoms. The van der Waals surface area contributed by atoms with Gasteiger partial charge in [-0.05, 0) is 67.1 Å². The maximum absolute atomic E-state index is 12.7. The van der Waals surface area contributed by atoms with Gasteiger partial charge in [0.05, 0.1) is 23.9 Å². The number of pyridine rings is 1. The van der Waals surface area contributed by atoms with Gasteiger partial charge in [-0.1, -0.05) is 23.7 Å². The summed E-state index contributed by atoms with van der Waals surface area (Å²) in [5, 5.41) is 1.39. The zero-order chi connectivity index (χ0) is 21.8. The quantitative estimate of drug-likeness (QED) is 0.280. The van der Waals surface area contributed by atoms with Crippen LogP contribution < -0.4 is 9.47 Å². The van der Waals surface area contributed by atoms with Gasteiger partial charge in [0.2, 0.25) is 0 Å². The van der Waals surface area contributed by atoms with E-state index < -0.39 is 5.97 Å². The average Bonchev–Trinajstić information content (AvgIpc) is 2.78. The standard InChI is InChI=1S/C25H19ClN2O3/c1-16-13-24(22-14-21(30-2)11-12-23(22)28-16)31-25(29)18-5-9-20(10-6-18)27-15-17-3-7-19(26)8-4-17/h3-15H,1-2H3. The van der Waals surface area contributed by atoms with Gasteiger partial charge >= 0.3 is 5.97 Å². The third kappa shape index (κ3) is 4.90. The van der Waals surface area contributed by atoms with Crippen molar-refractivity contribution in [1.82, 2.24) is 4.98 Å². The van der Waals surface area contributed by atoms with Crippen molar-refractivity contribution in [2.75, 3.05) is 7.11 Å². The van der Waals surface area contributed by atoms with E-state index in [-0.39, 0.29) is 0 Å². The van der Waals surface area contributed by atoms with Gasteiger partial charge in [0.15, 0.2) is 0 Å². The van der Waals surface area contributed by atoms with Gasteiger partial charge < -0.3 is 9.47 Å². The number of rotatable bonds is 5. The number of aromatic nitrogens is 1. The summed E-state index contributed by atoms with van der Waals surface area (Å²) in [6.45, 7) is 1.86. The number of fused-ring (bicyclic) bond motifs is 1. The van der Waals surface area contributed by atoms with Crippen LogP contribution in [0.3, 0.4) is 0 Å². The third-order valence-electron chi connectivity index (χ3n) is 4.64. The Morgan fingerprint density at radius 1 is 1.00 bits per heavy atom. The predicted molar refractivity (Wildman–Crippen MR) is 123 cm³/mol. The molecule has 154 valence electrons. The van der Waals surface area contributed by atoms with Crippen LogP contribution in [0.2, 0.25) is 5.02 Å². The highest BCUT2D eigenvalue weighted by atomic mass is 35.5. The normalized spacial score (nSPS) is 11.1. The molecule has 0 saturated carbocycles. The van der Waals surface area contributed by atoms with Crippen molar-refractivity contribution in [2.45, 2.75) is 6.92 Å². The van der Waals surface area contributed by atoms with E-state index in [1.165, 1.54) is 0 Å². The second-order valence-corrected chi connectivity index (χ2v) is 7.33. The van der Waals surface area contributed by atoms with Crippen LogP contribution in [-0.2, 0) is 0 Å². The fraction of sp³-hybridized carbons (Fsp3) is 0.0800. The number of aliphatic imine (C=N–C) groups is 1. The zero-order valence-electron chi connectivity index (χ0n) is 17.0. The molecule has 0 fully saturated rings. The number of nitrogens with zero attached hydrogens (tertiary/aromatic N) is 2. The van der Waals surface area contributed by atoms with Gasteiger partial charge in [-0.3, -0.25) is 9.98 Å². The van der Waals surface area contributed by atoms with Crippen molar-refractivity contribution in [3.05, 3.63) is 94.6 Å². The molecule has 1 aromatic heterocycles. The second kappa shape index (κ2) is 8.98. The van der Waals surface area contributed by atoms with Crippen LogP contribution in [0.15, 0.2) is 77.8 Å². The predicted octanol–water partition coefficient (Wildman–Crippen LogP) is 6.18. The fourth-order valence-electron chi connectivity index (χ4n) is 3.05. The first-order valence-electron chi connectivity index (χ1n) is 9.59. The van der Waals surface area contributed by atoms with E-state index in [1.54, 1.807) is 49.7 Å².